The number of carbonyl (C=O) groups is 2. The number of hydrogen-bond donors (Lipinski definition) is 0. The van der Waals surface area contributed by atoms with Crippen LogP contribution in [-0.2, 0) is 14.3 Å². The van der Waals surface area contributed by atoms with Crippen LogP contribution >= 0.6 is 0 Å². The SMILES string of the molecule is CN(C)c1ccc(/C=C(\C#N)C(=O)OCC(=O)N2CC[C@H]3CCCC[C@H]3C2)cc1. The zero-order valence-electron chi connectivity index (χ0n) is 17.3. The molecule has 1 aromatic carbocycles. The number of benzene rings is 1. The Kier molecular flexibility index (Phi) is 6.92. The smallest absolute Gasteiger partial charge is 0.349 e. The maximum Gasteiger partial charge on any atom is 0.349 e. The van der Waals surface area contributed by atoms with Crippen molar-refractivity contribution in [1.82, 2.24) is 4.90 Å². The summed E-state index contributed by atoms with van der Waals surface area (Å²) in [6.07, 6.45) is 7.52. The molecule has 1 aromatic rings. The number of rotatable bonds is 5. The standard InChI is InChI=1S/C23H29N3O3/c1-25(2)21-9-7-17(8-10-21)13-20(14-24)23(28)29-16-22(27)26-12-11-18-5-3-4-6-19(18)15-26/h7-10,13,18-19H,3-6,11-12,15-16H2,1-2H3/b20-13+/t18-,19+/m1/s1. The van der Waals surface area contributed by atoms with E-state index in [1.54, 1.807) is 0 Å². The number of nitrogens with zero attached hydrogens (tertiary/aromatic N) is 3. The normalized spacial score (nSPS) is 21.7. The molecule has 0 aromatic heterocycles. The van der Waals surface area contributed by atoms with Crippen LogP contribution in [-0.4, -0.2) is 50.6 Å². The third-order valence-electron chi connectivity index (χ3n) is 6.03. The van der Waals surface area contributed by atoms with Crippen molar-refractivity contribution < 1.29 is 14.3 Å². The van der Waals surface area contributed by atoms with Crippen molar-refractivity contribution in [3.8, 4) is 6.07 Å². The molecule has 0 N–H and O–H groups in total. The van der Waals surface area contributed by atoms with Crippen LogP contribution in [0.3, 0.4) is 0 Å². The van der Waals surface area contributed by atoms with Crippen LogP contribution in [0.1, 0.15) is 37.7 Å². The molecule has 2 atom stereocenters. The minimum Gasteiger partial charge on any atom is -0.451 e. The monoisotopic (exact) mass is 395 g/mol. The number of amides is 1. The molecule has 0 unspecified atom stereocenters. The predicted octanol–water partition coefficient (Wildman–Crippen LogP) is 3.24. The number of fused-ring (bicyclic) bond motifs is 1. The van der Waals surface area contributed by atoms with E-state index in [1.165, 1.54) is 31.8 Å². The first-order valence-electron chi connectivity index (χ1n) is 10.3. The number of nitriles is 1. The van der Waals surface area contributed by atoms with Crippen LogP contribution in [0.4, 0.5) is 5.69 Å². The third kappa shape index (κ3) is 5.38. The molecule has 1 saturated heterocycles. The second-order valence-corrected chi connectivity index (χ2v) is 8.16. The predicted molar refractivity (Wildman–Crippen MR) is 112 cm³/mol. The van der Waals surface area contributed by atoms with E-state index in [9.17, 15) is 14.9 Å². The summed E-state index contributed by atoms with van der Waals surface area (Å²) >= 11 is 0. The maximum absolute atomic E-state index is 12.5. The lowest BCUT2D eigenvalue weighted by Crippen LogP contribution is -2.46. The van der Waals surface area contributed by atoms with Crippen LogP contribution in [0.5, 0.6) is 0 Å². The van der Waals surface area contributed by atoms with Gasteiger partial charge in [-0.3, -0.25) is 4.79 Å². The Morgan fingerprint density at radius 1 is 1.17 bits per heavy atom. The van der Waals surface area contributed by atoms with Gasteiger partial charge in [0.05, 0.1) is 0 Å². The Morgan fingerprint density at radius 3 is 2.52 bits per heavy atom. The largest absolute Gasteiger partial charge is 0.451 e. The van der Waals surface area contributed by atoms with Gasteiger partial charge in [0.25, 0.3) is 5.91 Å². The number of likely N-dealkylation sites (tertiary alicyclic amines) is 1. The van der Waals surface area contributed by atoms with Gasteiger partial charge >= 0.3 is 5.97 Å². The molecule has 1 amide bonds. The van der Waals surface area contributed by atoms with E-state index in [0.29, 0.717) is 5.92 Å². The maximum atomic E-state index is 12.5. The first-order valence-corrected chi connectivity index (χ1v) is 10.3. The molecular formula is C23H29N3O3. The lowest BCUT2D eigenvalue weighted by molar-refractivity contribution is -0.150. The van der Waals surface area contributed by atoms with Gasteiger partial charge in [-0.05, 0) is 48.4 Å². The topological polar surface area (TPSA) is 73.6 Å². The minimum absolute atomic E-state index is 0.110. The summed E-state index contributed by atoms with van der Waals surface area (Å²) in [5.41, 5.74) is 1.65. The fourth-order valence-corrected chi connectivity index (χ4v) is 4.30. The molecule has 3 rings (SSSR count). The van der Waals surface area contributed by atoms with Crippen LogP contribution < -0.4 is 4.90 Å². The van der Waals surface area contributed by atoms with Crippen molar-refractivity contribution in [3.05, 3.63) is 35.4 Å². The Labute approximate surface area is 172 Å². The van der Waals surface area contributed by atoms with Crippen molar-refractivity contribution in [2.75, 3.05) is 38.7 Å². The lowest BCUT2D eigenvalue weighted by atomic mass is 9.75. The van der Waals surface area contributed by atoms with Crippen molar-refractivity contribution >= 4 is 23.6 Å². The van der Waals surface area contributed by atoms with Crippen molar-refractivity contribution in [2.45, 2.75) is 32.1 Å². The molecule has 154 valence electrons. The van der Waals surface area contributed by atoms with Gasteiger partial charge in [0.1, 0.15) is 11.6 Å². The zero-order valence-corrected chi connectivity index (χ0v) is 17.3. The van der Waals surface area contributed by atoms with Gasteiger partial charge in [-0.2, -0.15) is 5.26 Å². The summed E-state index contributed by atoms with van der Waals surface area (Å²) in [6.45, 7) is 1.19. The van der Waals surface area contributed by atoms with Gasteiger partial charge in [-0.25, -0.2) is 4.79 Å². The van der Waals surface area contributed by atoms with Gasteiger partial charge in [-0.1, -0.05) is 31.4 Å². The number of hydrogen-bond acceptors (Lipinski definition) is 5. The molecule has 2 fully saturated rings. The van der Waals surface area contributed by atoms with Crippen molar-refractivity contribution in [1.29, 1.82) is 5.26 Å². The van der Waals surface area contributed by atoms with Gasteiger partial charge in [-0.15, -0.1) is 0 Å². The van der Waals surface area contributed by atoms with Crippen LogP contribution in [0.2, 0.25) is 0 Å². The first kappa shape index (κ1) is 20.9. The van der Waals surface area contributed by atoms with E-state index in [4.69, 9.17) is 4.74 Å². The van der Waals surface area contributed by atoms with Gasteiger partial charge in [0.15, 0.2) is 6.61 Å². The highest BCUT2D eigenvalue weighted by atomic mass is 16.5. The number of anilines is 1. The highest BCUT2D eigenvalue weighted by Crippen LogP contribution is 2.36. The second-order valence-electron chi connectivity index (χ2n) is 8.16. The van der Waals surface area contributed by atoms with E-state index in [1.807, 2.05) is 54.2 Å². The van der Waals surface area contributed by atoms with E-state index in [2.05, 4.69) is 0 Å². The van der Waals surface area contributed by atoms with Crippen molar-refractivity contribution in [2.24, 2.45) is 11.8 Å². The number of esters is 1. The van der Waals surface area contributed by atoms with Gasteiger partial charge < -0.3 is 14.5 Å². The summed E-state index contributed by atoms with van der Waals surface area (Å²) in [5.74, 6) is 0.388. The summed E-state index contributed by atoms with van der Waals surface area (Å²) in [7, 11) is 3.88. The molecule has 1 saturated carbocycles. The van der Waals surface area contributed by atoms with Gasteiger partial charge in [0, 0.05) is 32.9 Å². The van der Waals surface area contributed by atoms with E-state index in [0.717, 1.165) is 36.7 Å². The Balaban J connectivity index is 1.54. The highest BCUT2D eigenvalue weighted by molar-refractivity contribution is 5.98. The average molecular weight is 396 g/mol. The minimum atomic E-state index is -0.759. The Morgan fingerprint density at radius 2 is 1.86 bits per heavy atom. The molecule has 1 aliphatic heterocycles. The molecule has 2 aliphatic rings. The Hall–Kier alpha value is -2.81. The van der Waals surface area contributed by atoms with E-state index in [-0.39, 0.29) is 18.1 Å². The first-order chi connectivity index (χ1) is 14.0. The van der Waals surface area contributed by atoms with Crippen LogP contribution in [0.15, 0.2) is 29.8 Å². The molecule has 6 heteroatoms. The number of carbonyl (C=O) groups excluding carboxylic acids is 2. The third-order valence-corrected chi connectivity index (χ3v) is 6.03. The number of piperidine rings is 1. The molecule has 29 heavy (non-hydrogen) atoms. The van der Waals surface area contributed by atoms with Crippen LogP contribution in [0, 0.1) is 23.2 Å². The molecular weight excluding hydrogens is 366 g/mol. The highest BCUT2D eigenvalue weighted by Gasteiger charge is 2.33. The molecule has 1 heterocycles. The zero-order chi connectivity index (χ0) is 20.8. The van der Waals surface area contributed by atoms with Gasteiger partial charge in [0.2, 0.25) is 0 Å². The Bertz CT molecular complexity index is 808. The fourth-order valence-electron chi connectivity index (χ4n) is 4.30. The quantitative estimate of drug-likeness (QED) is 0.435. The molecule has 1 aliphatic carbocycles. The lowest BCUT2D eigenvalue weighted by Gasteiger charge is -2.41. The molecule has 0 radical (unpaired) electrons. The molecule has 0 bridgehead atoms. The molecule has 6 nitrogen and oxygen atoms in total. The summed E-state index contributed by atoms with van der Waals surface area (Å²) in [4.78, 5) is 28.5. The van der Waals surface area contributed by atoms with Crippen LogP contribution in [0.25, 0.3) is 6.08 Å². The summed E-state index contributed by atoms with van der Waals surface area (Å²) in [5, 5.41) is 9.32. The summed E-state index contributed by atoms with van der Waals surface area (Å²) in [6, 6.07) is 9.36. The summed E-state index contributed by atoms with van der Waals surface area (Å²) < 4.78 is 5.15. The average Bonchev–Trinajstić information content (AvgIpc) is 2.75. The fraction of sp³-hybridized carbons (Fsp3) is 0.522. The number of ether oxygens (including phenoxy) is 1. The van der Waals surface area contributed by atoms with Crippen molar-refractivity contribution in [3.63, 3.8) is 0 Å². The molecule has 0 spiro atoms. The van der Waals surface area contributed by atoms with E-state index < -0.39 is 5.97 Å². The van der Waals surface area contributed by atoms with E-state index >= 15 is 0 Å². The second kappa shape index (κ2) is 9.60.